The average molecular weight is 215 g/mol. The molecule has 0 aliphatic carbocycles. The number of nitrogen functional groups attached to an aromatic ring is 1. The van der Waals surface area contributed by atoms with Crippen LogP contribution in [0.1, 0.15) is 17.3 Å². The molecular formula is C13H13NO2. The van der Waals surface area contributed by atoms with Crippen LogP contribution in [0.4, 0.5) is 5.69 Å². The fourth-order valence-electron chi connectivity index (χ4n) is 1.64. The molecule has 0 radical (unpaired) electrons. The van der Waals surface area contributed by atoms with Crippen molar-refractivity contribution in [3.05, 3.63) is 42.0 Å². The van der Waals surface area contributed by atoms with E-state index >= 15 is 0 Å². The highest BCUT2D eigenvalue weighted by Gasteiger charge is 2.11. The van der Waals surface area contributed by atoms with Gasteiger partial charge in [-0.2, -0.15) is 0 Å². The summed E-state index contributed by atoms with van der Waals surface area (Å²) in [6.07, 6.45) is 0. The predicted molar refractivity (Wildman–Crippen MR) is 64.3 cm³/mol. The first kappa shape index (κ1) is 10.5. The lowest BCUT2D eigenvalue weighted by atomic mass is 10.1. The molecule has 0 unspecified atom stereocenters. The zero-order chi connectivity index (χ0) is 11.5. The first-order valence-electron chi connectivity index (χ1n) is 5.17. The van der Waals surface area contributed by atoms with Crippen molar-refractivity contribution >= 4 is 22.4 Å². The van der Waals surface area contributed by atoms with Crippen LogP contribution < -0.4 is 5.73 Å². The normalized spacial score (nSPS) is 10.3. The van der Waals surface area contributed by atoms with Gasteiger partial charge in [0.15, 0.2) is 0 Å². The van der Waals surface area contributed by atoms with Crippen LogP contribution in [0.3, 0.4) is 0 Å². The molecule has 3 heteroatoms. The number of rotatable bonds is 2. The van der Waals surface area contributed by atoms with Gasteiger partial charge in [0.2, 0.25) is 0 Å². The molecule has 2 rings (SSSR count). The second-order valence-corrected chi connectivity index (χ2v) is 3.51. The van der Waals surface area contributed by atoms with Gasteiger partial charge in [-0.05, 0) is 29.8 Å². The molecule has 2 aromatic carbocycles. The maximum absolute atomic E-state index is 11.6. The zero-order valence-electron chi connectivity index (χ0n) is 9.07. The number of fused-ring (bicyclic) bond motifs is 1. The molecule has 16 heavy (non-hydrogen) atoms. The monoisotopic (exact) mass is 215 g/mol. The van der Waals surface area contributed by atoms with Crippen LogP contribution in [0, 0.1) is 0 Å². The van der Waals surface area contributed by atoms with Gasteiger partial charge in [0.25, 0.3) is 0 Å². The van der Waals surface area contributed by atoms with Gasteiger partial charge < -0.3 is 10.5 Å². The maximum Gasteiger partial charge on any atom is 0.340 e. The minimum Gasteiger partial charge on any atom is -0.462 e. The fourth-order valence-corrected chi connectivity index (χ4v) is 1.64. The molecule has 0 atom stereocenters. The Morgan fingerprint density at radius 1 is 1.25 bits per heavy atom. The summed E-state index contributed by atoms with van der Waals surface area (Å²) in [5.41, 5.74) is 6.70. The molecule has 0 aliphatic rings. The molecule has 0 bridgehead atoms. The molecule has 0 amide bonds. The summed E-state index contributed by atoms with van der Waals surface area (Å²) in [5.74, 6) is -0.370. The van der Waals surface area contributed by atoms with Crippen molar-refractivity contribution in [3.63, 3.8) is 0 Å². The summed E-state index contributed by atoms with van der Waals surface area (Å²) in [6, 6.07) is 11.3. The number of benzene rings is 2. The molecule has 82 valence electrons. The van der Waals surface area contributed by atoms with E-state index in [0.29, 0.717) is 17.9 Å². The van der Waals surface area contributed by atoms with Gasteiger partial charge in [0.1, 0.15) is 0 Å². The Morgan fingerprint density at radius 2 is 1.88 bits per heavy atom. The standard InChI is InChI=1S/C13H13NO2/c1-2-16-13(15)11-7-9-5-3-4-6-10(9)8-12(11)14/h3-8H,2,14H2,1H3. The fraction of sp³-hybridized carbons (Fsp3) is 0.154. The smallest absolute Gasteiger partial charge is 0.340 e. The lowest BCUT2D eigenvalue weighted by Crippen LogP contribution is -2.07. The second-order valence-electron chi connectivity index (χ2n) is 3.51. The van der Waals surface area contributed by atoms with Crippen molar-refractivity contribution in [1.29, 1.82) is 0 Å². The van der Waals surface area contributed by atoms with Gasteiger partial charge in [-0.1, -0.05) is 24.3 Å². The van der Waals surface area contributed by atoms with E-state index in [1.807, 2.05) is 24.3 Å². The first-order valence-corrected chi connectivity index (χ1v) is 5.17. The summed E-state index contributed by atoms with van der Waals surface area (Å²) in [6.45, 7) is 2.13. The summed E-state index contributed by atoms with van der Waals surface area (Å²) in [4.78, 5) is 11.6. The number of ether oxygens (including phenoxy) is 1. The van der Waals surface area contributed by atoms with Crippen LogP contribution >= 0.6 is 0 Å². The van der Waals surface area contributed by atoms with E-state index in [4.69, 9.17) is 10.5 Å². The Hall–Kier alpha value is -2.03. The molecule has 0 fully saturated rings. The largest absolute Gasteiger partial charge is 0.462 e. The summed E-state index contributed by atoms with van der Waals surface area (Å²) < 4.78 is 4.94. The van der Waals surface area contributed by atoms with Crippen LogP contribution in [0.25, 0.3) is 10.8 Å². The highest BCUT2D eigenvalue weighted by atomic mass is 16.5. The molecule has 0 saturated heterocycles. The van der Waals surface area contributed by atoms with E-state index in [9.17, 15) is 4.79 Å². The molecule has 0 aliphatic heterocycles. The van der Waals surface area contributed by atoms with Gasteiger partial charge in [-0.15, -0.1) is 0 Å². The molecule has 0 spiro atoms. The SMILES string of the molecule is CCOC(=O)c1cc2ccccc2cc1N. The molecule has 0 saturated carbocycles. The Kier molecular flexibility index (Phi) is 2.77. The number of carbonyl (C=O) groups excluding carboxylic acids is 1. The van der Waals surface area contributed by atoms with Gasteiger partial charge in [-0.3, -0.25) is 0 Å². The van der Waals surface area contributed by atoms with E-state index in [2.05, 4.69) is 0 Å². The Labute approximate surface area is 93.8 Å². The predicted octanol–water partition coefficient (Wildman–Crippen LogP) is 2.60. The third kappa shape index (κ3) is 1.84. The van der Waals surface area contributed by atoms with Crippen molar-refractivity contribution in [2.45, 2.75) is 6.92 Å². The number of nitrogens with two attached hydrogens (primary N) is 1. The van der Waals surface area contributed by atoms with Gasteiger partial charge in [0, 0.05) is 5.69 Å². The lowest BCUT2D eigenvalue weighted by Gasteiger charge is -2.07. The third-order valence-electron chi connectivity index (χ3n) is 2.41. The van der Waals surface area contributed by atoms with Crippen LogP contribution in [-0.4, -0.2) is 12.6 Å². The molecule has 3 nitrogen and oxygen atoms in total. The second kappa shape index (κ2) is 4.23. The number of esters is 1. The highest BCUT2D eigenvalue weighted by molar-refractivity contribution is 6.01. The number of hydrogen-bond acceptors (Lipinski definition) is 3. The number of anilines is 1. The van der Waals surface area contributed by atoms with Crippen molar-refractivity contribution in [1.82, 2.24) is 0 Å². The van der Waals surface area contributed by atoms with Crippen molar-refractivity contribution < 1.29 is 9.53 Å². The van der Waals surface area contributed by atoms with E-state index in [1.165, 1.54) is 0 Å². The Balaban J connectivity index is 2.54. The average Bonchev–Trinajstić information content (AvgIpc) is 2.28. The molecule has 0 heterocycles. The van der Waals surface area contributed by atoms with E-state index in [-0.39, 0.29) is 5.97 Å². The molecular weight excluding hydrogens is 202 g/mol. The first-order chi connectivity index (χ1) is 7.72. The van der Waals surface area contributed by atoms with Crippen LogP contribution in [0.5, 0.6) is 0 Å². The van der Waals surface area contributed by atoms with Crippen LogP contribution in [0.15, 0.2) is 36.4 Å². The van der Waals surface area contributed by atoms with E-state index in [0.717, 1.165) is 10.8 Å². The topological polar surface area (TPSA) is 52.3 Å². The van der Waals surface area contributed by atoms with Crippen molar-refractivity contribution in [2.24, 2.45) is 0 Å². The van der Waals surface area contributed by atoms with Crippen molar-refractivity contribution in [3.8, 4) is 0 Å². The quantitative estimate of drug-likeness (QED) is 0.618. The van der Waals surface area contributed by atoms with Crippen molar-refractivity contribution in [2.75, 3.05) is 12.3 Å². The summed E-state index contributed by atoms with van der Waals surface area (Å²) >= 11 is 0. The minimum atomic E-state index is -0.370. The highest BCUT2D eigenvalue weighted by Crippen LogP contribution is 2.22. The number of hydrogen-bond donors (Lipinski definition) is 1. The Morgan fingerprint density at radius 3 is 2.50 bits per heavy atom. The molecule has 2 N–H and O–H groups in total. The molecule has 2 aromatic rings. The Bertz CT molecular complexity index is 534. The maximum atomic E-state index is 11.6. The lowest BCUT2D eigenvalue weighted by molar-refractivity contribution is 0.0528. The minimum absolute atomic E-state index is 0.352. The van der Waals surface area contributed by atoms with E-state index < -0.39 is 0 Å². The van der Waals surface area contributed by atoms with Crippen LogP contribution in [-0.2, 0) is 4.74 Å². The summed E-state index contributed by atoms with van der Waals surface area (Å²) in [5, 5.41) is 2.01. The van der Waals surface area contributed by atoms with Crippen LogP contribution in [0.2, 0.25) is 0 Å². The summed E-state index contributed by atoms with van der Waals surface area (Å²) in [7, 11) is 0. The van der Waals surface area contributed by atoms with Gasteiger partial charge in [0.05, 0.1) is 12.2 Å². The van der Waals surface area contributed by atoms with E-state index in [1.54, 1.807) is 19.1 Å². The third-order valence-corrected chi connectivity index (χ3v) is 2.41. The zero-order valence-corrected chi connectivity index (χ0v) is 9.07. The molecule has 0 aromatic heterocycles. The van der Waals surface area contributed by atoms with Gasteiger partial charge in [-0.25, -0.2) is 4.79 Å². The number of carbonyl (C=O) groups is 1. The van der Waals surface area contributed by atoms with Gasteiger partial charge >= 0.3 is 5.97 Å².